The second-order valence-electron chi connectivity index (χ2n) is 5.50. The van der Waals surface area contributed by atoms with Crippen LogP contribution in [0.1, 0.15) is 42.1 Å². The maximum atomic E-state index is 12.0. The number of esters is 1. The van der Waals surface area contributed by atoms with Gasteiger partial charge in [0.15, 0.2) is 0 Å². The van der Waals surface area contributed by atoms with Crippen molar-refractivity contribution in [3.8, 4) is 0 Å². The first-order chi connectivity index (χ1) is 10.3. The Morgan fingerprint density at radius 2 is 2.05 bits per heavy atom. The van der Waals surface area contributed by atoms with Crippen LogP contribution in [0.5, 0.6) is 0 Å². The summed E-state index contributed by atoms with van der Waals surface area (Å²) in [7, 11) is 0. The van der Waals surface area contributed by atoms with Gasteiger partial charge in [0, 0.05) is 19.6 Å². The van der Waals surface area contributed by atoms with E-state index in [4.69, 9.17) is 4.74 Å². The minimum atomic E-state index is -0.218. The molecule has 1 aromatic carbocycles. The highest BCUT2D eigenvalue weighted by Crippen LogP contribution is 2.09. The van der Waals surface area contributed by atoms with Crippen molar-refractivity contribution in [1.82, 2.24) is 4.90 Å². The molecule has 0 radical (unpaired) electrons. The third kappa shape index (κ3) is 5.35. The molecule has 0 atom stereocenters. The van der Waals surface area contributed by atoms with Gasteiger partial charge >= 0.3 is 5.97 Å². The third-order valence-electron chi connectivity index (χ3n) is 3.79. The van der Waals surface area contributed by atoms with Crippen LogP contribution in [0.2, 0.25) is 0 Å². The number of unbranched alkanes of at least 4 members (excludes halogenated alkanes) is 1. The molecule has 1 heterocycles. The molecule has 3 heteroatoms. The molecule has 0 aliphatic carbocycles. The number of benzene rings is 1. The number of carbonyl (C=O) groups is 1. The standard InChI is InChI=1S/C18H25NO2/c1-2-3-7-16-8-10-17(11-9-16)18(20)21-15-14-19-12-5-4-6-13-19/h4-5,8-11H,2-3,6-7,12-15H2,1H3. The predicted octanol–water partition coefficient (Wildman–Crippen LogP) is 3.45. The normalized spacial score (nSPS) is 15.1. The van der Waals surface area contributed by atoms with Crippen LogP contribution >= 0.6 is 0 Å². The summed E-state index contributed by atoms with van der Waals surface area (Å²) in [5.41, 5.74) is 1.93. The molecule has 0 bridgehead atoms. The smallest absolute Gasteiger partial charge is 0.338 e. The number of hydrogen-bond acceptors (Lipinski definition) is 3. The number of aryl methyl sites for hydroxylation is 1. The molecule has 2 rings (SSSR count). The van der Waals surface area contributed by atoms with Gasteiger partial charge in [-0.05, 0) is 37.0 Å². The average molecular weight is 287 g/mol. The second kappa shape index (κ2) is 8.63. The van der Waals surface area contributed by atoms with Crippen molar-refractivity contribution in [3.63, 3.8) is 0 Å². The van der Waals surface area contributed by atoms with Crippen molar-refractivity contribution in [3.05, 3.63) is 47.5 Å². The van der Waals surface area contributed by atoms with Crippen LogP contribution < -0.4 is 0 Å². The van der Waals surface area contributed by atoms with Crippen LogP contribution in [0.4, 0.5) is 0 Å². The van der Waals surface area contributed by atoms with Crippen LogP contribution in [0.15, 0.2) is 36.4 Å². The first kappa shape index (κ1) is 15.8. The fourth-order valence-corrected chi connectivity index (χ4v) is 2.43. The van der Waals surface area contributed by atoms with Crippen molar-refractivity contribution < 1.29 is 9.53 Å². The van der Waals surface area contributed by atoms with E-state index in [-0.39, 0.29) is 5.97 Å². The number of nitrogens with zero attached hydrogens (tertiary/aromatic N) is 1. The Hall–Kier alpha value is -1.61. The van der Waals surface area contributed by atoms with Gasteiger partial charge in [-0.15, -0.1) is 0 Å². The quantitative estimate of drug-likeness (QED) is 0.568. The molecule has 1 aliphatic heterocycles. The lowest BCUT2D eigenvalue weighted by molar-refractivity contribution is 0.0466. The Labute approximate surface area is 127 Å². The largest absolute Gasteiger partial charge is 0.461 e. The summed E-state index contributed by atoms with van der Waals surface area (Å²) >= 11 is 0. The summed E-state index contributed by atoms with van der Waals surface area (Å²) in [4.78, 5) is 14.2. The molecule has 1 aliphatic rings. The second-order valence-corrected chi connectivity index (χ2v) is 5.50. The number of carbonyl (C=O) groups excluding carboxylic acids is 1. The maximum Gasteiger partial charge on any atom is 0.338 e. The zero-order valence-electron chi connectivity index (χ0n) is 12.9. The molecular weight excluding hydrogens is 262 g/mol. The lowest BCUT2D eigenvalue weighted by Gasteiger charge is -2.22. The SMILES string of the molecule is CCCCc1ccc(C(=O)OCCN2CC=CCC2)cc1. The van der Waals surface area contributed by atoms with Gasteiger partial charge in [0.1, 0.15) is 6.61 Å². The van der Waals surface area contributed by atoms with Crippen LogP contribution in [0, 0.1) is 0 Å². The molecule has 0 saturated heterocycles. The van der Waals surface area contributed by atoms with E-state index in [0.717, 1.165) is 32.5 Å². The topological polar surface area (TPSA) is 29.5 Å². The highest BCUT2D eigenvalue weighted by atomic mass is 16.5. The Morgan fingerprint density at radius 1 is 1.24 bits per heavy atom. The Kier molecular flexibility index (Phi) is 6.48. The third-order valence-corrected chi connectivity index (χ3v) is 3.79. The van der Waals surface area contributed by atoms with E-state index in [0.29, 0.717) is 12.2 Å². The summed E-state index contributed by atoms with van der Waals surface area (Å²) in [5.74, 6) is -0.218. The van der Waals surface area contributed by atoms with E-state index < -0.39 is 0 Å². The zero-order chi connectivity index (χ0) is 14.9. The molecule has 114 valence electrons. The first-order valence-electron chi connectivity index (χ1n) is 7.93. The summed E-state index contributed by atoms with van der Waals surface area (Å²) in [6, 6.07) is 7.80. The lowest BCUT2D eigenvalue weighted by Crippen LogP contribution is -2.31. The van der Waals surface area contributed by atoms with Gasteiger partial charge in [-0.1, -0.05) is 37.6 Å². The molecule has 0 unspecified atom stereocenters. The van der Waals surface area contributed by atoms with Crippen LogP contribution in [-0.2, 0) is 11.2 Å². The maximum absolute atomic E-state index is 12.0. The minimum absolute atomic E-state index is 0.218. The fourth-order valence-electron chi connectivity index (χ4n) is 2.43. The van der Waals surface area contributed by atoms with Gasteiger partial charge in [-0.25, -0.2) is 4.79 Å². The lowest BCUT2D eigenvalue weighted by atomic mass is 10.1. The van der Waals surface area contributed by atoms with Crippen molar-refractivity contribution >= 4 is 5.97 Å². The van der Waals surface area contributed by atoms with Gasteiger partial charge < -0.3 is 4.74 Å². The monoisotopic (exact) mass is 287 g/mol. The summed E-state index contributed by atoms with van der Waals surface area (Å²) in [5, 5.41) is 0. The summed E-state index contributed by atoms with van der Waals surface area (Å²) < 4.78 is 5.35. The highest BCUT2D eigenvalue weighted by molar-refractivity contribution is 5.89. The summed E-state index contributed by atoms with van der Waals surface area (Å²) in [6.45, 7) is 5.47. The Balaban J connectivity index is 1.73. The molecule has 0 fully saturated rings. The molecule has 3 nitrogen and oxygen atoms in total. The highest BCUT2D eigenvalue weighted by Gasteiger charge is 2.09. The van der Waals surface area contributed by atoms with Crippen LogP contribution in [0.25, 0.3) is 0 Å². The van der Waals surface area contributed by atoms with Gasteiger partial charge in [-0.3, -0.25) is 4.90 Å². The minimum Gasteiger partial charge on any atom is -0.461 e. The van der Waals surface area contributed by atoms with E-state index >= 15 is 0 Å². The van der Waals surface area contributed by atoms with Crippen LogP contribution in [-0.4, -0.2) is 37.1 Å². The van der Waals surface area contributed by atoms with Gasteiger partial charge in [0.2, 0.25) is 0 Å². The van der Waals surface area contributed by atoms with Crippen molar-refractivity contribution in [1.29, 1.82) is 0 Å². The van der Waals surface area contributed by atoms with Crippen molar-refractivity contribution in [2.75, 3.05) is 26.2 Å². The Morgan fingerprint density at radius 3 is 2.71 bits per heavy atom. The van der Waals surface area contributed by atoms with E-state index in [1.54, 1.807) is 0 Å². The van der Waals surface area contributed by atoms with Gasteiger partial charge in [0.25, 0.3) is 0 Å². The van der Waals surface area contributed by atoms with E-state index in [2.05, 4.69) is 24.0 Å². The Bertz CT molecular complexity index is 465. The zero-order valence-corrected chi connectivity index (χ0v) is 12.9. The van der Waals surface area contributed by atoms with E-state index in [9.17, 15) is 4.79 Å². The van der Waals surface area contributed by atoms with Crippen LogP contribution in [0.3, 0.4) is 0 Å². The molecule has 1 aromatic rings. The molecule has 21 heavy (non-hydrogen) atoms. The van der Waals surface area contributed by atoms with Crippen molar-refractivity contribution in [2.24, 2.45) is 0 Å². The molecule has 0 amide bonds. The molecular formula is C18H25NO2. The number of ether oxygens (including phenoxy) is 1. The number of hydrogen-bond donors (Lipinski definition) is 0. The molecule has 0 N–H and O–H groups in total. The van der Waals surface area contributed by atoms with Gasteiger partial charge in [-0.2, -0.15) is 0 Å². The molecule has 0 saturated carbocycles. The average Bonchev–Trinajstić information content (AvgIpc) is 2.54. The summed E-state index contributed by atoms with van der Waals surface area (Å²) in [6.07, 6.45) is 8.91. The number of rotatable bonds is 7. The first-order valence-corrected chi connectivity index (χ1v) is 7.93. The van der Waals surface area contributed by atoms with E-state index in [1.807, 2.05) is 24.3 Å². The predicted molar refractivity (Wildman–Crippen MR) is 85.5 cm³/mol. The molecule has 0 aromatic heterocycles. The van der Waals surface area contributed by atoms with Crippen molar-refractivity contribution in [2.45, 2.75) is 32.6 Å². The molecule has 0 spiro atoms. The van der Waals surface area contributed by atoms with E-state index in [1.165, 1.54) is 18.4 Å². The van der Waals surface area contributed by atoms with Gasteiger partial charge in [0.05, 0.1) is 5.56 Å². The fraction of sp³-hybridized carbons (Fsp3) is 0.500.